The third-order valence-corrected chi connectivity index (χ3v) is 5.25. The van der Waals surface area contributed by atoms with Crippen LogP contribution >= 0.6 is 7.82 Å². The Bertz CT molecular complexity index is 304. The van der Waals surface area contributed by atoms with Gasteiger partial charge >= 0.3 is 0 Å². The molecule has 0 heterocycles. The predicted octanol–water partition coefficient (Wildman–Crippen LogP) is 5.87. The maximum absolute atomic E-state index is 10.3. The quantitative estimate of drug-likeness (QED) is 0.197. The number of unbranched alkanes of at least 4 members (excludes halogenated alkanes) is 17. The van der Waals surface area contributed by atoms with Gasteiger partial charge in [0.15, 0.2) is 0 Å². The first kappa shape index (κ1) is 25.1. The lowest BCUT2D eigenvalue weighted by Crippen LogP contribution is -2.16. The molecule has 0 fully saturated rings. The Kier molecular flexibility index (Phi) is 19.0. The molecule has 0 bridgehead atoms. The maximum Gasteiger partial charge on any atom is 0.0596 e. The zero-order valence-corrected chi connectivity index (χ0v) is 17.4. The van der Waals surface area contributed by atoms with E-state index in [0.717, 1.165) is 12.8 Å². The molecule has 25 heavy (non-hydrogen) atoms. The SMILES string of the molecule is CCCCCCCCCCCCCCCCCCCCOP(=O)([O-])[O-]. The van der Waals surface area contributed by atoms with E-state index in [1.807, 2.05) is 0 Å². The summed E-state index contributed by atoms with van der Waals surface area (Å²) in [4.78, 5) is 20.5. The minimum atomic E-state index is -4.76. The van der Waals surface area contributed by atoms with Crippen molar-refractivity contribution in [2.45, 2.75) is 122 Å². The molecule has 0 saturated heterocycles. The van der Waals surface area contributed by atoms with Gasteiger partial charge in [-0.15, -0.1) is 0 Å². The smallest absolute Gasteiger partial charge is 0.0596 e. The molecule has 0 amide bonds. The number of rotatable bonds is 20. The lowest BCUT2D eigenvalue weighted by atomic mass is 10.0. The Balaban J connectivity index is 3.02. The first-order valence-corrected chi connectivity index (χ1v) is 12.2. The van der Waals surface area contributed by atoms with Crippen molar-refractivity contribution in [1.82, 2.24) is 0 Å². The summed E-state index contributed by atoms with van der Waals surface area (Å²) in [5, 5.41) is 0. The number of hydrogen-bond donors (Lipinski definition) is 0. The van der Waals surface area contributed by atoms with Crippen LogP contribution in [0.1, 0.15) is 122 Å². The summed E-state index contributed by atoms with van der Waals surface area (Å²) in [5.41, 5.74) is 0. The van der Waals surface area contributed by atoms with Crippen LogP contribution in [0.5, 0.6) is 0 Å². The summed E-state index contributed by atoms with van der Waals surface area (Å²) in [5.74, 6) is 0. The molecule has 0 saturated carbocycles. The Morgan fingerprint density at radius 1 is 0.560 bits per heavy atom. The molecule has 0 spiro atoms. The van der Waals surface area contributed by atoms with Gasteiger partial charge in [0.25, 0.3) is 0 Å². The van der Waals surface area contributed by atoms with E-state index >= 15 is 0 Å². The van der Waals surface area contributed by atoms with Crippen molar-refractivity contribution >= 4 is 7.82 Å². The largest absolute Gasteiger partial charge is 0.790 e. The van der Waals surface area contributed by atoms with E-state index < -0.39 is 7.82 Å². The Morgan fingerprint density at radius 3 is 1.12 bits per heavy atom. The Labute approximate surface area is 156 Å². The molecular weight excluding hydrogens is 335 g/mol. The van der Waals surface area contributed by atoms with Crippen LogP contribution in [0.25, 0.3) is 0 Å². The van der Waals surface area contributed by atoms with Crippen molar-refractivity contribution in [2.24, 2.45) is 0 Å². The molecule has 0 aromatic rings. The fourth-order valence-electron chi connectivity index (χ4n) is 3.18. The molecule has 0 atom stereocenters. The predicted molar refractivity (Wildman–Crippen MR) is 102 cm³/mol. The van der Waals surface area contributed by atoms with E-state index in [4.69, 9.17) is 0 Å². The van der Waals surface area contributed by atoms with Gasteiger partial charge in [0, 0.05) is 0 Å². The van der Waals surface area contributed by atoms with Crippen molar-refractivity contribution in [3.63, 3.8) is 0 Å². The van der Waals surface area contributed by atoms with Gasteiger partial charge in [-0.05, 0) is 6.42 Å². The molecule has 0 aliphatic rings. The van der Waals surface area contributed by atoms with Crippen molar-refractivity contribution in [3.05, 3.63) is 0 Å². The van der Waals surface area contributed by atoms with Crippen molar-refractivity contribution in [3.8, 4) is 0 Å². The minimum Gasteiger partial charge on any atom is -0.790 e. The van der Waals surface area contributed by atoms with E-state index in [2.05, 4.69) is 11.4 Å². The number of hydrogen-bond acceptors (Lipinski definition) is 4. The second-order valence-electron chi connectivity index (χ2n) is 7.29. The van der Waals surface area contributed by atoms with E-state index in [1.54, 1.807) is 0 Å². The average Bonchev–Trinajstić information content (AvgIpc) is 2.56. The van der Waals surface area contributed by atoms with Gasteiger partial charge in [-0.25, -0.2) is 0 Å². The van der Waals surface area contributed by atoms with E-state index in [1.165, 1.54) is 96.3 Å². The van der Waals surface area contributed by atoms with E-state index in [0.29, 0.717) is 6.42 Å². The lowest BCUT2D eigenvalue weighted by molar-refractivity contribution is -0.341. The number of phosphoric acid groups is 1. The van der Waals surface area contributed by atoms with E-state index in [9.17, 15) is 14.4 Å². The van der Waals surface area contributed by atoms with Crippen LogP contribution in [0.15, 0.2) is 0 Å². The normalized spacial score (nSPS) is 12.0. The van der Waals surface area contributed by atoms with Gasteiger partial charge in [-0.3, -0.25) is 0 Å². The zero-order valence-electron chi connectivity index (χ0n) is 16.5. The minimum absolute atomic E-state index is 0.0447. The van der Waals surface area contributed by atoms with Crippen LogP contribution in [0, 0.1) is 0 Å². The van der Waals surface area contributed by atoms with Gasteiger partial charge in [-0.2, -0.15) is 0 Å². The summed E-state index contributed by atoms with van der Waals surface area (Å²) >= 11 is 0. The highest BCUT2D eigenvalue weighted by atomic mass is 31.2. The molecule has 5 heteroatoms. The summed E-state index contributed by atoms with van der Waals surface area (Å²) in [7, 11) is -4.76. The van der Waals surface area contributed by atoms with Crippen molar-refractivity contribution in [2.75, 3.05) is 6.61 Å². The second kappa shape index (κ2) is 18.9. The number of phosphoric ester groups is 1. The molecule has 0 unspecified atom stereocenters. The molecular formula is C20H41O4P-2. The van der Waals surface area contributed by atoms with Crippen LogP contribution in [0.4, 0.5) is 0 Å². The Morgan fingerprint density at radius 2 is 0.840 bits per heavy atom. The van der Waals surface area contributed by atoms with Gasteiger partial charge in [0.05, 0.1) is 14.4 Å². The van der Waals surface area contributed by atoms with Gasteiger partial charge in [0.1, 0.15) is 0 Å². The summed E-state index contributed by atoms with van der Waals surface area (Å²) < 4.78 is 14.5. The van der Waals surface area contributed by atoms with Gasteiger partial charge in [-0.1, -0.05) is 116 Å². The third-order valence-electron chi connectivity index (χ3n) is 4.75. The summed E-state index contributed by atoms with van der Waals surface area (Å²) in [6, 6.07) is 0. The highest BCUT2D eigenvalue weighted by molar-refractivity contribution is 7.43. The summed E-state index contributed by atoms with van der Waals surface area (Å²) in [6.07, 6.45) is 23.3. The molecule has 0 aliphatic carbocycles. The maximum atomic E-state index is 10.3. The Hall–Kier alpha value is 0.110. The lowest BCUT2D eigenvalue weighted by Gasteiger charge is -2.28. The van der Waals surface area contributed by atoms with Crippen molar-refractivity contribution < 1.29 is 18.9 Å². The van der Waals surface area contributed by atoms with Crippen LogP contribution in [-0.4, -0.2) is 6.61 Å². The highest BCUT2D eigenvalue weighted by Crippen LogP contribution is 2.24. The molecule has 0 radical (unpaired) electrons. The standard InChI is InChI=1S/C20H43O4P/c1-2-3-4-5-6-7-8-9-10-11-12-13-14-15-16-17-18-19-20-24-25(21,22)23/h2-20H2,1H3,(H2,21,22,23)/p-2. The van der Waals surface area contributed by atoms with Crippen molar-refractivity contribution in [1.29, 1.82) is 0 Å². The van der Waals surface area contributed by atoms with Crippen LogP contribution < -0.4 is 9.79 Å². The first-order chi connectivity index (χ1) is 12.1. The molecule has 0 aromatic carbocycles. The molecule has 0 rings (SSSR count). The average molecular weight is 377 g/mol. The first-order valence-electron chi connectivity index (χ1n) is 10.7. The third kappa shape index (κ3) is 24.1. The monoisotopic (exact) mass is 376 g/mol. The van der Waals surface area contributed by atoms with Crippen LogP contribution in [0.2, 0.25) is 0 Å². The summed E-state index contributed by atoms with van der Waals surface area (Å²) in [6.45, 7) is 2.31. The van der Waals surface area contributed by atoms with Gasteiger partial charge < -0.3 is 18.9 Å². The molecule has 0 aromatic heterocycles. The fourth-order valence-corrected chi connectivity index (χ4v) is 3.53. The molecule has 4 nitrogen and oxygen atoms in total. The second-order valence-corrected chi connectivity index (χ2v) is 8.44. The molecule has 0 N–H and O–H groups in total. The highest BCUT2D eigenvalue weighted by Gasteiger charge is 1.96. The fraction of sp³-hybridized carbons (Fsp3) is 1.00. The van der Waals surface area contributed by atoms with E-state index in [-0.39, 0.29) is 6.61 Å². The molecule has 0 aliphatic heterocycles. The zero-order chi connectivity index (χ0) is 18.6. The van der Waals surface area contributed by atoms with Gasteiger partial charge in [0.2, 0.25) is 0 Å². The topological polar surface area (TPSA) is 72.4 Å². The van der Waals surface area contributed by atoms with Crippen LogP contribution in [0.3, 0.4) is 0 Å². The molecule has 152 valence electrons. The van der Waals surface area contributed by atoms with Crippen LogP contribution in [-0.2, 0) is 9.09 Å².